The molecule has 0 aromatic heterocycles. The number of carboxylic acids is 1. The van der Waals surface area contributed by atoms with E-state index in [2.05, 4.69) is 51.7 Å². The molecule has 2 atom stereocenters. The van der Waals surface area contributed by atoms with Crippen molar-refractivity contribution in [1.82, 2.24) is 20.3 Å². The van der Waals surface area contributed by atoms with E-state index in [-0.39, 0.29) is 18.7 Å². The van der Waals surface area contributed by atoms with Gasteiger partial charge in [0.05, 0.1) is 24.9 Å². The number of piperazine rings is 1. The second-order valence-electron chi connectivity index (χ2n) is 9.70. The van der Waals surface area contributed by atoms with Crippen LogP contribution in [0.3, 0.4) is 0 Å². The molecule has 0 amide bonds. The van der Waals surface area contributed by atoms with Crippen molar-refractivity contribution in [3.05, 3.63) is 35.4 Å². The number of aliphatic carboxylic acids is 1. The SMILES string of the molecule is CCCN1CCN(N=Cc2ccc(C3CC(CC4CCN(CC(=O)O)CC4)ON3)cc2)CC1. The predicted molar refractivity (Wildman–Crippen MR) is 129 cm³/mol. The van der Waals surface area contributed by atoms with E-state index in [0.717, 1.165) is 70.5 Å². The number of likely N-dealkylation sites (tertiary alicyclic amines) is 1. The average Bonchev–Trinajstić information content (AvgIpc) is 3.29. The van der Waals surface area contributed by atoms with Gasteiger partial charge in [0.25, 0.3) is 0 Å². The van der Waals surface area contributed by atoms with Gasteiger partial charge in [-0.3, -0.25) is 24.4 Å². The van der Waals surface area contributed by atoms with Crippen molar-refractivity contribution in [3.63, 3.8) is 0 Å². The number of piperidine rings is 1. The Morgan fingerprint density at radius 2 is 1.85 bits per heavy atom. The van der Waals surface area contributed by atoms with Gasteiger partial charge in [0.2, 0.25) is 0 Å². The number of nitrogens with zero attached hydrogens (tertiary/aromatic N) is 4. The molecular formula is C25H39N5O3. The summed E-state index contributed by atoms with van der Waals surface area (Å²) in [4.78, 5) is 21.3. The van der Waals surface area contributed by atoms with Crippen LogP contribution in [0.4, 0.5) is 0 Å². The lowest BCUT2D eigenvalue weighted by Gasteiger charge is -2.32. The molecule has 8 nitrogen and oxygen atoms in total. The third-order valence-corrected chi connectivity index (χ3v) is 7.14. The molecule has 0 radical (unpaired) electrons. The van der Waals surface area contributed by atoms with Gasteiger partial charge >= 0.3 is 5.97 Å². The minimum absolute atomic E-state index is 0.159. The normalized spacial score (nSPS) is 25.8. The van der Waals surface area contributed by atoms with Crippen LogP contribution in [0.25, 0.3) is 0 Å². The summed E-state index contributed by atoms with van der Waals surface area (Å²) in [5, 5.41) is 15.8. The first-order chi connectivity index (χ1) is 16.1. The Morgan fingerprint density at radius 1 is 1.12 bits per heavy atom. The molecule has 0 bridgehead atoms. The summed E-state index contributed by atoms with van der Waals surface area (Å²) in [5.41, 5.74) is 5.60. The van der Waals surface area contributed by atoms with Crippen LogP contribution in [0.5, 0.6) is 0 Å². The van der Waals surface area contributed by atoms with Gasteiger partial charge in [-0.05, 0) is 68.8 Å². The summed E-state index contributed by atoms with van der Waals surface area (Å²) in [7, 11) is 0. The number of hydrogen-bond donors (Lipinski definition) is 2. The van der Waals surface area contributed by atoms with Crippen molar-refractivity contribution < 1.29 is 14.7 Å². The Kier molecular flexibility index (Phi) is 8.72. The van der Waals surface area contributed by atoms with Crippen molar-refractivity contribution in [3.8, 4) is 0 Å². The first-order valence-electron chi connectivity index (χ1n) is 12.6. The van der Waals surface area contributed by atoms with E-state index < -0.39 is 5.97 Å². The van der Waals surface area contributed by atoms with E-state index in [9.17, 15) is 4.79 Å². The Labute approximate surface area is 197 Å². The molecule has 182 valence electrons. The molecule has 3 saturated heterocycles. The van der Waals surface area contributed by atoms with E-state index >= 15 is 0 Å². The van der Waals surface area contributed by atoms with Crippen molar-refractivity contribution in [2.75, 3.05) is 52.4 Å². The van der Waals surface area contributed by atoms with Crippen LogP contribution in [0.15, 0.2) is 29.4 Å². The maximum atomic E-state index is 10.9. The number of carboxylic acid groups (broad SMARTS) is 1. The molecule has 2 N–H and O–H groups in total. The number of carbonyl (C=O) groups is 1. The molecule has 2 unspecified atom stereocenters. The lowest BCUT2D eigenvalue weighted by Crippen LogP contribution is -2.44. The third kappa shape index (κ3) is 7.24. The number of hydroxylamine groups is 1. The zero-order valence-corrected chi connectivity index (χ0v) is 19.9. The lowest BCUT2D eigenvalue weighted by molar-refractivity contribution is -0.138. The summed E-state index contributed by atoms with van der Waals surface area (Å²) < 4.78 is 0. The highest BCUT2D eigenvalue weighted by Gasteiger charge is 2.30. The van der Waals surface area contributed by atoms with Crippen molar-refractivity contribution in [2.24, 2.45) is 11.0 Å². The van der Waals surface area contributed by atoms with Crippen LogP contribution in [0, 0.1) is 5.92 Å². The fraction of sp³-hybridized carbons (Fsp3) is 0.680. The lowest BCUT2D eigenvalue weighted by atomic mass is 9.89. The minimum Gasteiger partial charge on any atom is -0.480 e. The quantitative estimate of drug-likeness (QED) is 0.552. The molecule has 3 aliphatic rings. The van der Waals surface area contributed by atoms with Gasteiger partial charge < -0.3 is 5.11 Å². The fourth-order valence-corrected chi connectivity index (χ4v) is 5.18. The van der Waals surface area contributed by atoms with E-state index in [1.54, 1.807) is 0 Å². The van der Waals surface area contributed by atoms with Gasteiger partial charge in [-0.15, -0.1) is 0 Å². The van der Waals surface area contributed by atoms with E-state index in [1.165, 1.54) is 18.5 Å². The largest absolute Gasteiger partial charge is 0.480 e. The Balaban J connectivity index is 1.19. The highest BCUT2D eigenvalue weighted by atomic mass is 16.7. The summed E-state index contributed by atoms with van der Waals surface area (Å²) >= 11 is 0. The van der Waals surface area contributed by atoms with Crippen molar-refractivity contribution in [2.45, 2.75) is 51.2 Å². The summed E-state index contributed by atoms with van der Waals surface area (Å²) in [6.45, 7) is 9.51. The van der Waals surface area contributed by atoms with Crippen LogP contribution in [0.1, 0.15) is 56.2 Å². The molecule has 0 spiro atoms. The molecule has 3 aliphatic heterocycles. The zero-order valence-electron chi connectivity index (χ0n) is 19.9. The second kappa shape index (κ2) is 11.9. The Bertz CT molecular complexity index is 771. The maximum absolute atomic E-state index is 10.9. The monoisotopic (exact) mass is 457 g/mol. The van der Waals surface area contributed by atoms with Crippen LogP contribution in [-0.2, 0) is 9.63 Å². The van der Waals surface area contributed by atoms with Crippen LogP contribution in [0.2, 0.25) is 0 Å². The molecule has 0 saturated carbocycles. The molecule has 4 rings (SSSR count). The van der Waals surface area contributed by atoms with Crippen LogP contribution < -0.4 is 5.48 Å². The zero-order chi connectivity index (χ0) is 23.0. The number of nitrogens with one attached hydrogen (secondary N) is 1. The third-order valence-electron chi connectivity index (χ3n) is 7.14. The van der Waals surface area contributed by atoms with Gasteiger partial charge in [-0.25, -0.2) is 0 Å². The molecule has 3 heterocycles. The topological polar surface area (TPSA) is 80.6 Å². The van der Waals surface area contributed by atoms with Gasteiger partial charge in [-0.1, -0.05) is 31.2 Å². The van der Waals surface area contributed by atoms with Gasteiger partial charge in [-0.2, -0.15) is 10.6 Å². The first kappa shape index (κ1) is 24.1. The molecule has 0 aliphatic carbocycles. The smallest absolute Gasteiger partial charge is 0.317 e. The summed E-state index contributed by atoms with van der Waals surface area (Å²) in [6, 6.07) is 8.85. The molecule has 33 heavy (non-hydrogen) atoms. The first-order valence-corrected chi connectivity index (χ1v) is 12.6. The van der Waals surface area contributed by atoms with Gasteiger partial charge in [0.15, 0.2) is 0 Å². The highest BCUT2D eigenvalue weighted by molar-refractivity contribution is 5.79. The number of hydrazone groups is 1. The Morgan fingerprint density at radius 3 is 2.52 bits per heavy atom. The Hall–Kier alpha value is -2.00. The second-order valence-corrected chi connectivity index (χ2v) is 9.70. The number of benzene rings is 1. The average molecular weight is 458 g/mol. The maximum Gasteiger partial charge on any atom is 0.317 e. The van der Waals surface area contributed by atoms with Crippen molar-refractivity contribution >= 4 is 12.2 Å². The molecular weight excluding hydrogens is 418 g/mol. The molecule has 1 aromatic rings. The van der Waals surface area contributed by atoms with E-state index in [0.29, 0.717) is 5.92 Å². The van der Waals surface area contributed by atoms with Crippen LogP contribution in [-0.4, -0.2) is 90.6 Å². The van der Waals surface area contributed by atoms with Gasteiger partial charge in [0, 0.05) is 26.2 Å². The summed E-state index contributed by atoms with van der Waals surface area (Å²) in [6.07, 6.45) is 7.53. The number of rotatable bonds is 9. The predicted octanol–water partition coefficient (Wildman–Crippen LogP) is 2.57. The summed E-state index contributed by atoms with van der Waals surface area (Å²) in [5.74, 6) is -0.120. The standard InChI is InChI=1S/C25H39N5O3/c1-2-9-28-12-14-30(15-13-28)26-18-21-3-5-22(6-4-21)24-17-23(33-27-24)16-20-7-10-29(11-8-20)19-25(31)32/h3-6,18,20,23-24,27H,2,7-17,19H2,1H3,(H,31,32). The van der Waals surface area contributed by atoms with Crippen LogP contribution >= 0.6 is 0 Å². The molecule has 1 aromatic carbocycles. The highest BCUT2D eigenvalue weighted by Crippen LogP contribution is 2.31. The van der Waals surface area contributed by atoms with Gasteiger partial charge in [0.1, 0.15) is 0 Å². The minimum atomic E-state index is -0.734. The fourth-order valence-electron chi connectivity index (χ4n) is 5.18. The molecule has 8 heteroatoms. The van der Waals surface area contributed by atoms with E-state index in [1.807, 2.05) is 11.1 Å². The van der Waals surface area contributed by atoms with Crippen molar-refractivity contribution in [1.29, 1.82) is 0 Å². The number of hydrogen-bond acceptors (Lipinski definition) is 7. The molecule has 3 fully saturated rings. The van der Waals surface area contributed by atoms with E-state index in [4.69, 9.17) is 9.94 Å².